The highest BCUT2D eigenvalue weighted by Crippen LogP contribution is 2.27. The Morgan fingerprint density at radius 3 is 2.54 bits per heavy atom. The van der Waals surface area contributed by atoms with Gasteiger partial charge in [0.25, 0.3) is 11.8 Å². The fraction of sp³-hybridized carbons (Fsp3) is 0.200. The number of rotatable bonds is 6. The number of carbonyl (C=O) groups excluding carboxylic acids is 2. The van der Waals surface area contributed by atoms with Crippen LogP contribution in [0.15, 0.2) is 48.5 Å². The average molecular weight is 354 g/mol. The van der Waals surface area contributed by atoms with E-state index >= 15 is 0 Å². The molecule has 2 aromatic carbocycles. The molecule has 6 heteroatoms. The van der Waals surface area contributed by atoms with E-state index in [1.54, 1.807) is 24.3 Å². The molecule has 0 saturated heterocycles. The molecule has 0 atom stereocenters. The van der Waals surface area contributed by atoms with Crippen LogP contribution in [-0.4, -0.2) is 25.5 Å². The van der Waals surface area contributed by atoms with Gasteiger partial charge < -0.3 is 9.47 Å². The zero-order valence-electron chi connectivity index (χ0n) is 15.0. The molecule has 0 saturated carbocycles. The van der Waals surface area contributed by atoms with Crippen molar-refractivity contribution >= 4 is 17.9 Å². The van der Waals surface area contributed by atoms with Gasteiger partial charge >= 0.3 is 0 Å². The van der Waals surface area contributed by atoms with E-state index in [-0.39, 0.29) is 0 Å². The molecular formula is C20H22N2O4. The van der Waals surface area contributed by atoms with Gasteiger partial charge in [-0.05, 0) is 49.2 Å². The zero-order valence-corrected chi connectivity index (χ0v) is 15.0. The van der Waals surface area contributed by atoms with Crippen LogP contribution in [0.1, 0.15) is 28.4 Å². The van der Waals surface area contributed by atoms with Gasteiger partial charge in [0.1, 0.15) is 0 Å². The summed E-state index contributed by atoms with van der Waals surface area (Å²) >= 11 is 0. The summed E-state index contributed by atoms with van der Waals surface area (Å²) in [6.45, 7) is 4.31. The molecule has 6 nitrogen and oxygen atoms in total. The first-order chi connectivity index (χ1) is 12.5. The Labute approximate surface area is 152 Å². The number of nitrogens with one attached hydrogen (secondary N) is 2. The second-order valence-corrected chi connectivity index (χ2v) is 5.43. The van der Waals surface area contributed by atoms with Crippen LogP contribution in [0.4, 0.5) is 0 Å². The van der Waals surface area contributed by atoms with Crippen LogP contribution in [0, 0.1) is 6.92 Å². The predicted octanol–water partition coefficient (Wildman–Crippen LogP) is 2.88. The highest BCUT2D eigenvalue weighted by molar-refractivity contribution is 5.98. The van der Waals surface area contributed by atoms with Crippen molar-refractivity contribution in [1.82, 2.24) is 10.9 Å². The van der Waals surface area contributed by atoms with Crippen LogP contribution in [0.5, 0.6) is 11.5 Å². The lowest BCUT2D eigenvalue weighted by Gasteiger charge is -2.11. The maximum absolute atomic E-state index is 12.2. The number of hydrogen-bond acceptors (Lipinski definition) is 4. The molecule has 0 bridgehead atoms. The average Bonchev–Trinajstić information content (AvgIpc) is 2.66. The number of carbonyl (C=O) groups is 2. The van der Waals surface area contributed by atoms with E-state index in [1.165, 1.54) is 13.2 Å². The van der Waals surface area contributed by atoms with E-state index in [9.17, 15) is 9.59 Å². The number of amides is 2. The van der Waals surface area contributed by atoms with Gasteiger partial charge in [0.15, 0.2) is 11.5 Å². The van der Waals surface area contributed by atoms with E-state index < -0.39 is 11.8 Å². The van der Waals surface area contributed by atoms with Gasteiger partial charge in [0.05, 0.1) is 13.7 Å². The summed E-state index contributed by atoms with van der Waals surface area (Å²) in [7, 11) is 1.50. The van der Waals surface area contributed by atoms with Crippen LogP contribution < -0.4 is 20.3 Å². The fourth-order valence-corrected chi connectivity index (χ4v) is 2.26. The van der Waals surface area contributed by atoms with Crippen LogP contribution in [0.25, 0.3) is 6.08 Å². The summed E-state index contributed by atoms with van der Waals surface area (Å²) in [4.78, 5) is 24.0. The summed E-state index contributed by atoms with van der Waals surface area (Å²) < 4.78 is 10.6. The number of hydrazine groups is 1. The Kier molecular flexibility index (Phi) is 6.79. The SMILES string of the molecule is CCOc1ccc(C(=O)NNC(=O)/C=C/c2ccccc2C)cc1OC. The minimum Gasteiger partial charge on any atom is -0.493 e. The molecule has 136 valence electrons. The Morgan fingerprint density at radius 2 is 1.85 bits per heavy atom. The Hall–Kier alpha value is -3.28. The van der Waals surface area contributed by atoms with Gasteiger partial charge in [-0.3, -0.25) is 20.4 Å². The van der Waals surface area contributed by atoms with Gasteiger partial charge in [-0.1, -0.05) is 24.3 Å². The van der Waals surface area contributed by atoms with Crippen LogP contribution in [-0.2, 0) is 4.79 Å². The van der Waals surface area contributed by atoms with Crippen molar-refractivity contribution in [3.8, 4) is 11.5 Å². The molecule has 0 aliphatic rings. The maximum Gasteiger partial charge on any atom is 0.269 e. The third kappa shape index (κ3) is 5.11. The van der Waals surface area contributed by atoms with Crippen molar-refractivity contribution in [2.75, 3.05) is 13.7 Å². The summed E-state index contributed by atoms with van der Waals surface area (Å²) in [5.74, 6) is 0.116. The minimum atomic E-state index is -0.455. The van der Waals surface area contributed by atoms with E-state index in [1.807, 2.05) is 38.1 Å². The standard InChI is InChI=1S/C20H22N2O4/c1-4-26-17-11-9-16(13-18(17)25-3)20(24)22-21-19(23)12-10-15-8-6-5-7-14(15)2/h5-13H,4H2,1-3H3,(H,21,23)(H,22,24)/b12-10+. The normalized spacial score (nSPS) is 10.4. The lowest BCUT2D eigenvalue weighted by Crippen LogP contribution is -2.40. The second-order valence-electron chi connectivity index (χ2n) is 5.43. The van der Waals surface area contributed by atoms with Gasteiger partial charge in [-0.25, -0.2) is 0 Å². The number of aryl methyl sites for hydroxylation is 1. The first-order valence-corrected chi connectivity index (χ1v) is 8.20. The number of benzene rings is 2. The smallest absolute Gasteiger partial charge is 0.269 e. The van der Waals surface area contributed by atoms with Crippen LogP contribution >= 0.6 is 0 Å². The molecule has 0 aliphatic carbocycles. The number of hydrogen-bond donors (Lipinski definition) is 2. The van der Waals surface area contributed by atoms with Crippen molar-refractivity contribution in [2.45, 2.75) is 13.8 Å². The van der Waals surface area contributed by atoms with E-state index in [0.29, 0.717) is 23.7 Å². The zero-order chi connectivity index (χ0) is 18.9. The van der Waals surface area contributed by atoms with Crippen molar-refractivity contribution in [3.05, 3.63) is 65.2 Å². The molecule has 2 rings (SSSR count). The highest BCUT2D eigenvalue weighted by atomic mass is 16.5. The van der Waals surface area contributed by atoms with E-state index in [2.05, 4.69) is 10.9 Å². The topological polar surface area (TPSA) is 76.7 Å². The van der Waals surface area contributed by atoms with Gasteiger partial charge in [0, 0.05) is 11.6 Å². The van der Waals surface area contributed by atoms with Crippen molar-refractivity contribution in [1.29, 1.82) is 0 Å². The minimum absolute atomic E-state index is 0.341. The maximum atomic E-state index is 12.2. The lowest BCUT2D eigenvalue weighted by atomic mass is 10.1. The number of ether oxygens (including phenoxy) is 2. The molecule has 0 radical (unpaired) electrons. The van der Waals surface area contributed by atoms with Gasteiger partial charge in [-0.15, -0.1) is 0 Å². The summed E-state index contributed by atoms with van der Waals surface area (Å²) in [5, 5.41) is 0. The molecule has 2 N–H and O–H groups in total. The summed E-state index contributed by atoms with van der Waals surface area (Å²) in [6.07, 6.45) is 3.05. The molecule has 0 spiro atoms. The fourth-order valence-electron chi connectivity index (χ4n) is 2.26. The highest BCUT2D eigenvalue weighted by Gasteiger charge is 2.11. The summed E-state index contributed by atoms with van der Waals surface area (Å²) in [5.41, 5.74) is 7.05. The second kappa shape index (κ2) is 9.27. The van der Waals surface area contributed by atoms with Crippen molar-refractivity contribution in [2.24, 2.45) is 0 Å². The summed E-state index contributed by atoms with van der Waals surface area (Å²) in [6, 6.07) is 12.5. The molecule has 2 aromatic rings. The largest absolute Gasteiger partial charge is 0.493 e. The number of methoxy groups -OCH3 is 1. The van der Waals surface area contributed by atoms with Gasteiger partial charge in [0.2, 0.25) is 0 Å². The Balaban J connectivity index is 1.95. The molecular weight excluding hydrogens is 332 g/mol. The van der Waals surface area contributed by atoms with E-state index in [0.717, 1.165) is 11.1 Å². The van der Waals surface area contributed by atoms with Crippen molar-refractivity contribution in [3.63, 3.8) is 0 Å². The monoisotopic (exact) mass is 354 g/mol. The molecule has 0 unspecified atom stereocenters. The molecule has 0 heterocycles. The molecule has 26 heavy (non-hydrogen) atoms. The molecule has 0 aliphatic heterocycles. The van der Waals surface area contributed by atoms with E-state index in [4.69, 9.17) is 9.47 Å². The van der Waals surface area contributed by atoms with Crippen LogP contribution in [0.3, 0.4) is 0 Å². The quantitative estimate of drug-likeness (QED) is 0.618. The Morgan fingerprint density at radius 1 is 1.08 bits per heavy atom. The predicted molar refractivity (Wildman–Crippen MR) is 100.0 cm³/mol. The molecule has 2 amide bonds. The van der Waals surface area contributed by atoms with Gasteiger partial charge in [-0.2, -0.15) is 0 Å². The van der Waals surface area contributed by atoms with Crippen LogP contribution in [0.2, 0.25) is 0 Å². The Bertz CT molecular complexity index is 815. The molecule has 0 aromatic heterocycles. The third-order valence-electron chi connectivity index (χ3n) is 3.63. The lowest BCUT2D eigenvalue weighted by molar-refractivity contribution is -0.117. The first kappa shape index (κ1) is 19.1. The third-order valence-corrected chi connectivity index (χ3v) is 3.63. The first-order valence-electron chi connectivity index (χ1n) is 8.20. The van der Waals surface area contributed by atoms with Crippen molar-refractivity contribution < 1.29 is 19.1 Å². The molecule has 0 fully saturated rings.